The molecule has 0 spiro atoms. The van der Waals surface area contributed by atoms with Gasteiger partial charge in [-0.2, -0.15) is 0 Å². The monoisotopic (exact) mass is 300 g/mol. The minimum atomic E-state index is -0.170. The second-order valence-electron chi connectivity index (χ2n) is 6.38. The zero-order chi connectivity index (χ0) is 15.4. The van der Waals surface area contributed by atoms with Crippen molar-refractivity contribution in [3.8, 4) is 0 Å². The standard InChI is InChI=1S/C18H24N2O2/c21-17-14-16(13-15-7-3-1-4-8-15)18(22)20(17)12-11-19-9-5-2-6-10-19/h1,3-4,7-8,16H,2,5-6,9-14H2/t16-/m0/s1. The molecule has 1 atom stereocenters. The fraction of sp³-hybridized carbons (Fsp3) is 0.556. The molecule has 0 radical (unpaired) electrons. The molecule has 2 aliphatic heterocycles. The summed E-state index contributed by atoms with van der Waals surface area (Å²) in [7, 11) is 0. The summed E-state index contributed by atoms with van der Waals surface area (Å²) in [5.74, 6) is -0.148. The quantitative estimate of drug-likeness (QED) is 0.782. The van der Waals surface area contributed by atoms with E-state index >= 15 is 0 Å². The molecular formula is C18H24N2O2. The van der Waals surface area contributed by atoms with Gasteiger partial charge in [-0.3, -0.25) is 14.5 Å². The van der Waals surface area contributed by atoms with Gasteiger partial charge in [0.2, 0.25) is 11.8 Å². The number of rotatable bonds is 5. The molecule has 4 nitrogen and oxygen atoms in total. The minimum Gasteiger partial charge on any atom is -0.302 e. The lowest BCUT2D eigenvalue weighted by Crippen LogP contribution is -2.40. The molecule has 2 heterocycles. The van der Waals surface area contributed by atoms with Gasteiger partial charge < -0.3 is 4.90 Å². The van der Waals surface area contributed by atoms with Crippen molar-refractivity contribution in [1.29, 1.82) is 0 Å². The molecule has 1 aromatic carbocycles. The smallest absolute Gasteiger partial charge is 0.233 e. The van der Waals surface area contributed by atoms with E-state index in [9.17, 15) is 9.59 Å². The van der Waals surface area contributed by atoms with Crippen LogP contribution in [-0.2, 0) is 16.0 Å². The maximum Gasteiger partial charge on any atom is 0.233 e. The number of hydrogen-bond acceptors (Lipinski definition) is 3. The summed E-state index contributed by atoms with van der Waals surface area (Å²) in [5.41, 5.74) is 1.13. The van der Waals surface area contributed by atoms with Crippen molar-refractivity contribution in [3.05, 3.63) is 35.9 Å². The third-order valence-corrected chi connectivity index (χ3v) is 4.75. The van der Waals surface area contributed by atoms with Crippen molar-refractivity contribution >= 4 is 11.8 Å². The normalized spacial score (nSPS) is 23.3. The van der Waals surface area contributed by atoms with Gasteiger partial charge in [-0.25, -0.2) is 0 Å². The van der Waals surface area contributed by atoms with Gasteiger partial charge in [-0.05, 0) is 37.9 Å². The topological polar surface area (TPSA) is 40.6 Å². The molecule has 22 heavy (non-hydrogen) atoms. The van der Waals surface area contributed by atoms with E-state index in [1.807, 2.05) is 30.3 Å². The molecule has 118 valence electrons. The first kappa shape index (κ1) is 15.2. The fourth-order valence-electron chi connectivity index (χ4n) is 3.47. The number of imide groups is 1. The van der Waals surface area contributed by atoms with E-state index in [0.717, 1.165) is 25.2 Å². The fourth-order valence-corrected chi connectivity index (χ4v) is 3.47. The first-order valence-corrected chi connectivity index (χ1v) is 8.34. The molecule has 1 aromatic rings. The van der Waals surface area contributed by atoms with E-state index < -0.39 is 0 Å². The Morgan fingerprint density at radius 2 is 1.68 bits per heavy atom. The van der Waals surface area contributed by atoms with Gasteiger partial charge in [-0.1, -0.05) is 36.8 Å². The van der Waals surface area contributed by atoms with Crippen LogP contribution < -0.4 is 0 Å². The minimum absolute atomic E-state index is 0.00272. The Balaban J connectivity index is 1.54. The summed E-state index contributed by atoms with van der Waals surface area (Å²) >= 11 is 0. The summed E-state index contributed by atoms with van der Waals surface area (Å²) in [4.78, 5) is 28.5. The lowest BCUT2D eigenvalue weighted by Gasteiger charge is -2.28. The summed E-state index contributed by atoms with van der Waals surface area (Å²) in [6.07, 6.45) is 4.81. The maximum atomic E-state index is 12.5. The second kappa shape index (κ2) is 7.05. The van der Waals surface area contributed by atoms with Crippen LogP contribution in [0.15, 0.2) is 30.3 Å². The molecule has 2 fully saturated rings. The first-order valence-electron chi connectivity index (χ1n) is 8.34. The molecule has 0 aromatic heterocycles. The molecule has 2 aliphatic rings. The number of carbonyl (C=O) groups excluding carboxylic acids is 2. The zero-order valence-corrected chi connectivity index (χ0v) is 13.0. The van der Waals surface area contributed by atoms with Gasteiger partial charge in [0.15, 0.2) is 0 Å². The van der Waals surface area contributed by atoms with Crippen LogP contribution in [-0.4, -0.2) is 47.8 Å². The molecule has 4 heteroatoms. The Labute approximate surface area is 132 Å². The lowest BCUT2D eigenvalue weighted by molar-refractivity contribution is -0.139. The van der Waals surface area contributed by atoms with E-state index in [4.69, 9.17) is 0 Å². The number of nitrogens with zero attached hydrogens (tertiary/aromatic N) is 2. The van der Waals surface area contributed by atoms with Crippen LogP contribution in [0.1, 0.15) is 31.2 Å². The number of hydrogen-bond donors (Lipinski definition) is 0. The Kier molecular flexibility index (Phi) is 4.88. The number of likely N-dealkylation sites (tertiary alicyclic amines) is 2. The second-order valence-corrected chi connectivity index (χ2v) is 6.38. The van der Waals surface area contributed by atoms with E-state index in [1.165, 1.54) is 24.2 Å². The van der Waals surface area contributed by atoms with Crippen molar-refractivity contribution in [2.75, 3.05) is 26.2 Å². The first-order chi connectivity index (χ1) is 10.7. The molecule has 0 aliphatic carbocycles. The summed E-state index contributed by atoms with van der Waals surface area (Å²) in [6, 6.07) is 9.97. The van der Waals surface area contributed by atoms with E-state index in [2.05, 4.69) is 4.90 Å². The predicted octanol–water partition coefficient (Wildman–Crippen LogP) is 2.09. The third-order valence-electron chi connectivity index (χ3n) is 4.75. The predicted molar refractivity (Wildman–Crippen MR) is 85.3 cm³/mol. The Morgan fingerprint density at radius 3 is 2.41 bits per heavy atom. The molecule has 0 unspecified atom stereocenters. The third kappa shape index (κ3) is 3.55. The maximum absolute atomic E-state index is 12.5. The number of amides is 2. The molecule has 0 N–H and O–H groups in total. The molecule has 2 saturated heterocycles. The zero-order valence-electron chi connectivity index (χ0n) is 13.0. The van der Waals surface area contributed by atoms with Gasteiger partial charge in [-0.15, -0.1) is 0 Å². The largest absolute Gasteiger partial charge is 0.302 e. The van der Waals surface area contributed by atoms with Crippen LogP contribution in [0.4, 0.5) is 0 Å². The van der Waals surface area contributed by atoms with Gasteiger partial charge >= 0.3 is 0 Å². The van der Waals surface area contributed by atoms with Crippen LogP contribution in [0.2, 0.25) is 0 Å². The van der Waals surface area contributed by atoms with Gasteiger partial charge in [0, 0.05) is 19.5 Å². The van der Waals surface area contributed by atoms with Crippen molar-refractivity contribution in [2.24, 2.45) is 5.92 Å². The van der Waals surface area contributed by atoms with Crippen LogP contribution in [0.3, 0.4) is 0 Å². The average molecular weight is 300 g/mol. The van der Waals surface area contributed by atoms with Gasteiger partial charge in [0.1, 0.15) is 0 Å². The molecule has 2 amide bonds. The molecule has 0 saturated carbocycles. The summed E-state index contributed by atoms with van der Waals surface area (Å²) in [5, 5.41) is 0. The van der Waals surface area contributed by atoms with Crippen LogP contribution in [0.25, 0.3) is 0 Å². The van der Waals surface area contributed by atoms with Crippen molar-refractivity contribution in [2.45, 2.75) is 32.1 Å². The van der Waals surface area contributed by atoms with Crippen LogP contribution in [0.5, 0.6) is 0 Å². The summed E-state index contributed by atoms with van der Waals surface area (Å²) in [6.45, 7) is 3.59. The molecule has 0 bridgehead atoms. The van der Waals surface area contributed by atoms with Gasteiger partial charge in [0.25, 0.3) is 0 Å². The summed E-state index contributed by atoms with van der Waals surface area (Å²) < 4.78 is 0. The SMILES string of the molecule is O=C1C[C@H](Cc2ccccc2)C(=O)N1CCN1CCCCC1. The van der Waals surface area contributed by atoms with Crippen LogP contribution in [0, 0.1) is 5.92 Å². The van der Waals surface area contributed by atoms with Crippen molar-refractivity contribution < 1.29 is 9.59 Å². The average Bonchev–Trinajstić information content (AvgIpc) is 2.81. The lowest BCUT2D eigenvalue weighted by atomic mass is 9.98. The number of carbonyl (C=O) groups is 2. The van der Waals surface area contributed by atoms with E-state index in [-0.39, 0.29) is 17.7 Å². The number of benzene rings is 1. The van der Waals surface area contributed by atoms with Crippen molar-refractivity contribution in [1.82, 2.24) is 9.80 Å². The van der Waals surface area contributed by atoms with Gasteiger partial charge in [0.05, 0.1) is 5.92 Å². The van der Waals surface area contributed by atoms with Crippen LogP contribution >= 0.6 is 0 Å². The highest BCUT2D eigenvalue weighted by atomic mass is 16.2. The Morgan fingerprint density at radius 1 is 0.955 bits per heavy atom. The number of piperidine rings is 1. The van der Waals surface area contributed by atoms with E-state index in [0.29, 0.717) is 19.4 Å². The molecule has 3 rings (SSSR count). The Hall–Kier alpha value is -1.68. The highest BCUT2D eigenvalue weighted by Gasteiger charge is 2.38. The van der Waals surface area contributed by atoms with Crippen molar-refractivity contribution in [3.63, 3.8) is 0 Å². The highest BCUT2D eigenvalue weighted by molar-refractivity contribution is 6.03. The molecular weight excluding hydrogens is 276 g/mol. The Bertz CT molecular complexity index is 523. The highest BCUT2D eigenvalue weighted by Crippen LogP contribution is 2.23. The van der Waals surface area contributed by atoms with E-state index in [1.54, 1.807) is 0 Å².